The molecular weight excluding hydrogens is 371 g/mol. The molecule has 0 N–H and O–H groups in total. The van der Waals surface area contributed by atoms with Crippen molar-refractivity contribution in [1.82, 2.24) is 4.90 Å². The number of hydrogen-bond acceptors (Lipinski definition) is 1. The molecule has 0 aliphatic heterocycles. The molecule has 0 saturated heterocycles. The van der Waals surface area contributed by atoms with E-state index in [-0.39, 0.29) is 0 Å². The zero-order chi connectivity index (χ0) is 20.0. The summed E-state index contributed by atoms with van der Waals surface area (Å²) in [6.07, 6.45) is 14.6. The van der Waals surface area contributed by atoms with Gasteiger partial charge in [-0.3, -0.25) is 0 Å². The number of allylic oxidation sites excluding steroid dienone is 4. The summed E-state index contributed by atoms with van der Waals surface area (Å²) < 4.78 is 2.25. The third kappa shape index (κ3) is 2.99. The van der Waals surface area contributed by atoms with Crippen molar-refractivity contribution in [2.24, 2.45) is 18.9 Å². The number of benzene rings is 1. The van der Waals surface area contributed by atoms with E-state index in [2.05, 4.69) is 91.1 Å². The van der Waals surface area contributed by atoms with E-state index in [4.69, 9.17) is 0 Å². The first-order valence-corrected chi connectivity index (χ1v) is 12.5. The van der Waals surface area contributed by atoms with E-state index < -0.39 is 0 Å². The summed E-state index contributed by atoms with van der Waals surface area (Å²) in [6, 6.07) is 13.6. The molecule has 0 radical (unpaired) electrons. The van der Waals surface area contributed by atoms with Crippen LogP contribution in [-0.4, -0.2) is 18.6 Å². The maximum Gasteiger partial charge on any atom is 0.200 e. The summed E-state index contributed by atoms with van der Waals surface area (Å²) in [5.41, 5.74) is 6.60. The van der Waals surface area contributed by atoms with Crippen LogP contribution in [0, 0.1) is 11.8 Å². The van der Waals surface area contributed by atoms with Gasteiger partial charge in [0.2, 0.25) is 5.69 Å². The fourth-order valence-electron chi connectivity index (χ4n) is 6.34. The molecule has 29 heavy (non-hydrogen) atoms. The van der Waals surface area contributed by atoms with Crippen molar-refractivity contribution in [2.45, 2.75) is 37.6 Å². The largest absolute Gasteiger partial charge is 0.367 e. The number of aromatic nitrogens is 1. The molecule has 2 aromatic rings. The fraction of sp³-hybridized carbons (Fsp3) is 0.423. The Morgan fingerprint density at radius 3 is 2.90 bits per heavy atom. The van der Waals surface area contributed by atoms with Crippen molar-refractivity contribution in [3.05, 3.63) is 83.3 Å². The van der Waals surface area contributed by atoms with Gasteiger partial charge in [0.25, 0.3) is 0 Å². The summed E-state index contributed by atoms with van der Waals surface area (Å²) in [5, 5.41) is 1.62. The fourth-order valence-corrected chi connectivity index (χ4v) is 7.26. The van der Waals surface area contributed by atoms with Gasteiger partial charge >= 0.3 is 0 Å². The smallest absolute Gasteiger partial charge is 0.200 e. The van der Waals surface area contributed by atoms with E-state index in [1.54, 1.807) is 22.1 Å². The Labute approximate surface area is 177 Å². The minimum atomic E-state index is 0.337. The molecule has 0 amide bonds. The van der Waals surface area contributed by atoms with Crippen LogP contribution in [0.2, 0.25) is 0 Å². The van der Waals surface area contributed by atoms with Crippen LogP contribution in [0.25, 0.3) is 0 Å². The quantitative estimate of drug-likeness (QED) is 0.547. The van der Waals surface area contributed by atoms with Crippen molar-refractivity contribution >= 4 is 13.9 Å². The summed E-state index contributed by atoms with van der Waals surface area (Å²) >= 11 is 0. The van der Waals surface area contributed by atoms with Gasteiger partial charge in [0.05, 0.1) is 0 Å². The minimum absolute atomic E-state index is 0.337. The number of rotatable bonds is 4. The summed E-state index contributed by atoms with van der Waals surface area (Å²) in [6.45, 7) is 3.31. The molecule has 3 heteroatoms. The maximum absolute atomic E-state index is 2.53. The SMILES string of the molecule is CPc1cccc2c1C1(CC2)CCC2C=CC=C(N(C)Cc3cccc[n+]3C)C21. The molecule has 4 atom stereocenters. The lowest BCUT2D eigenvalue weighted by atomic mass is 9.68. The van der Waals surface area contributed by atoms with Crippen LogP contribution >= 0.6 is 8.58 Å². The zero-order valence-electron chi connectivity index (χ0n) is 17.9. The van der Waals surface area contributed by atoms with Crippen molar-refractivity contribution in [3.8, 4) is 0 Å². The van der Waals surface area contributed by atoms with Gasteiger partial charge in [0.15, 0.2) is 6.20 Å². The predicted octanol–water partition coefficient (Wildman–Crippen LogP) is 4.24. The highest BCUT2D eigenvalue weighted by Crippen LogP contribution is 2.59. The third-order valence-corrected chi connectivity index (χ3v) is 8.61. The molecule has 3 aliphatic rings. The molecule has 0 bridgehead atoms. The number of hydrogen-bond donors (Lipinski definition) is 0. The topological polar surface area (TPSA) is 7.12 Å². The summed E-state index contributed by atoms with van der Waals surface area (Å²) in [4.78, 5) is 2.53. The van der Waals surface area contributed by atoms with E-state index in [0.29, 0.717) is 17.3 Å². The molecule has 1 heterocycles. The minimum Gasteiger partial charge on any atom is -0.367 e. The van der Waals surface area contributed by atoms with Gasteiger partial charge < -0.3 is 4.90 Å². The van der Waals surface area contributed by atoms with Crippen LogP contribution in [0.15, 0.2) is 66.5 Å². The molecule has 1 fully saturated rings. The lowest BCUT2D eigenvalue weighted by Gasteiger charge is -2.41. The predicted molar refractivity (Wildman–Crippen MR) is 123 cm³/mol. The monoisotopic (exact) mass is 403 g/mol. The van der Waals surface area contributed by atoms with Gasteiger partial charge in [-0.1, -0.05) is 45.0 Å². The van der Waals surface area contributed by atoms with Crippen LogP contribution in [0.5, 0.6) is 0 Å². The Morgan fingerprint density at radius 2 is 2.07 bits per heavy atom. The van der Waals surface area contributed by atoms with Crippen LogP contribution in [-0.2, 0) is 25.4 Å². The maximum atomic E-state index is 2.53. The Hall–Kier alpha value is -1.92. The second-order valence-electron chi connectivity index (χ2n) is 9.06. The van der Waals surface area contributed by atoms with Crippen molar-refractivity contribution in [3.63, 3.8) is 0 Å². The Balaban J connectivity index is 1.54. The van der Waals surface area contributed by atoms with E-state index in [0.717, 1.165) is 15.1 Å². The van der Waals surface area contributed by atoms with Crippen LogP contribution in [0.4, 0.5) is 0 Å². The molecule has 1 aromatic heterocycles. The first-order valence-electron chi connectivity index (χ1n) is 11.0. The number of fused-ring (bicyclic) bond motifs is 4. The second kappa shape index (κ2) is 7.40. The average molecular weight is 404 g/mol. The van der Waals surface area contributed by atoms with E-state index in [1.807, 2.05) is 0 Å². The van der Waals surface area contributed by atoms with Crippen LogP contribution in [0.3, 0.4) is 0 Å². The van der Waals surface area contributed by atoms with E-state index >= 15 is 0 Å². The van der Waals surface area contributed by atoms with E-state index in [1.165, 1.54) is 31.4 Å². The van der Waals surface area contributed by atoms with Gasteiger partial charge in [0, 0.05) is 36.2 Å². The van der Waals surface area contributed by atoms with Gasteiger partial charge in [-0.25, -0.2) is 4.57 Å². The van der Waals surface area contributed by atoms with Crippen molar-refractivity contribution < 1.29 is 4.57 Å². The van der Waals surface area contributed by atoms with Gasteiger partial charge in [-0.05, 0) is 60.8 Å². The van der Waals surface area contributed by atoms with Crippen molar-refractivity contribution in [2.75, 3.05) is 13.7 Å². The molecular formula is C26H32N2P+. The van der Waals surface area contributed by atoms with Gasteiger partial charge in [-0.15, -0.1) is 0 Å². The Morgan fingerprint density at radius 1 is 1.17 bits per heavy atom. The first kappa shape index (κ1) is 19.1. The van der Waals surface area contributed by atoms with Crippen LogP contribution in [0.1, 0.15) is 36.1 Å². The molecule has 3 aliphatic carbocycles. The highest BCUT2D eigenvalue weighted by Gasteiger charge is 2.54. The molecule has 2 nitrogen and oxygen atoms in total. The highest BCUT2D eigenvalue weighted by molar-refractivity contribution is 7.46. The second-order valence-corrected chi connectivity index (χ2v) is 10.1. The normalized spacial score (nSPS) is 27.5. The standard InChI is InChI=1S/C26H32N2P/c1-27-17-5-4-10-21(27)18-28(2)22-11-6-8-19-13-15-26(24(19)22)16-14-20-9-7-12-23(29-3)25(20)26/h4-12,17,19,24,29H,13-16,18H2,1-3H3/q+1. The summed E-state index contributed by atoms with van der Waals surface area (Å²) in [5.74, 6) is 1.30. The molecule has 1 saturated carbocycles. The Kier molecular flexibility index (Phi) is 4.87. The molecule has 150 valence electrons. The van der Waals surface area contributed by atoms with Crippen LogP contribution < -0.4 is 9.87 Å². The van der Waals surface area contributed by atoms with Gasteiger partial charge in [-0.2, -0.15) is 0 Å². The molecule has 5 rings (SSSR count). The number of nitrogens with zero attached hydrogens (tertiary/aromatic N) is 2. The molecule has 1 spiro atoms. The number of aryl methyl sites for hydroxylation is 2. The van der Waals surface area contributed by atoms with Gasteiger partial charge in [0.1, 0.15) is 13.6 Å². The lowest BCUT2D eigenvalue weighted by molar-refractivity contribution is -0.680. The number of pyridine rings is 1. The first-order chi connectivity index (χ1) is 14.1. The molecule has 4 unspecified atom stereocenters. The lowest BCUT2D eigenvalue weighted by Crippen LogP contribution is -2.41. The van der Waals surface area contributed by atoms with Crippen molar-refractivity contribution in [1.29, 1.82) is 0 Å². The third-order valence-electron chi connectivity index (χ3n) is 7.65. The van der Waals surface area contributed by atoms with E-state index in [9.17, 15) is 0 Å². The average Bonchev–Trinajstić information content (AvgIpc) is 3.32. The molecule has 1 aromatic carbocycles. The Bertz CT molecular complexity index is 992. The highest BCUT2D eigenvalue weighted by atomic mass is 31.1. The summed E-state index contributed by atoms with van der Waals surface area (Å²) in [7, 11) is 5.33. The zero-order valence-corrected chi connectivity index (χ0v) is 18.9.